The quantitative estimate of drug-likeness (QED) is 0.425. The fraction of sp³-hybridized carbons (Fsp3) is 0.750. The summed E-state index contributed by atoms with van der Waals surface area (Å²) < 4.78 is 32.2. The van der Waals surface area contributed by atoms with Gasteiger partial charge in [-0.15, -0.1) is 0 Å². The summed E-state index contributed by atoms with van der Waals surface area (Å²) in [6.45, 7) is 2.87. The first-order valence-corrected chi connectivity index (χ1v) is 11.2. The first-order valence-electron chi connectivity index (χ1n) is 11.2. The minimum Gasteiger partial charge on any atom is -0.493 e. The lowest BCUT2D eigenvalue weighted by molar-refractivity contribution is 0.121. The van der Waals surface area contributed by atoms with E-state index in [0.717, 1.165) is 23.8 Å². The highest BCUT2D eigenvalue weighted by Gasteiger charge is 2.30. The molecule has 0 unspecified atom stereocenters. The molecule has 0 N–H and O–H groups in total. The summed E-state index contributed by atoms with van der Waals surface area (Å²) in [5.74, 6) is 2.52. The molecule has 0 amide bonds. The van der Waals surface area contributed by atoms with Crippen LogP contribution in [-0.4, -0.2) is 6.61 Å². The summed E-state index contributed by atoms with van der Waals surface area (Å²) in [6, 6.07) is 3.43. The first kappa shape index (κ1) is 20.6. The molecule has 2 fully saturated rings. The van der Waals surface area contributed by atoms with Crippen LogP contribution in [0.1, 0.15) is 84.0 Å². The Hall–Kier alpha value is -1.12. The maximum absolute atomic E-state index is 13.2. The summed E-state index contributed by atoms with van der Waals surface area (Å²) in [4.78, 5) is 0. The number of halogens is 2. The standard InChI is InChI=1S/C24H36F2O/c1-2-3-4-5-18-6-10-20(11-7-18)21-12-8-19(9-13-21)17-27-24-15-22(25)14-23(26)16-24/h14-16,18-21H,2-13,17H2,1H3. The van der Waals surface area contributed by atoms with Crippen LogP contribution in [-0.2, 0) is 0 Å². The molecule has 0 saturated heterocycles. The summed E-state index contributed by atoms with van der Waals surface area (Å²) in [5.41, 5.74) is 0. The second-order valence-corrected chi connectivity index (χ2v) is 8.97. The van der Waals surface area contributed by atoms with Gasteiger partial charge in [-0.05, 0) is 62.2 Å². The third-order valence-electron chi connectivity index (χ3n) is 6.99. The second kappa shape index (κ2) is 10.4. The van der Waals surface area contributed by atoms with Gasteiger partial charge in [-0.2, -0.15) is 0 Å². The van der Waals surface area contributed by atoms with E-state index in [2.05, 4.69) is 6.92 Å². The molecule has 27 heavy (non-hydrogen) atoms. The molecule has 0 aromatic heterocycles. The Morgan fingerprint density at radius 1 is 0.778 bits per heavy atom. The van der Waals surface area contributed by atoms with Crippen molar-refractivity contribution in [1.29, 1.82) is 0 Å². The second-order valence-electron chi connectivity index (χ2n) is 8.97. The topological polar surface area (TPSA) is 9.23 Å². The van der Waals surface area contributed by atoms with Crippen LogP contribution in [0.15, 0.2) is 18.2 Å². The molecule has 0 atom stereocenters. The van der Waals surface area contributed by atoms with Crippen LogP contribution >= 0.6 is 0 Å². The molecular weight excluding hydrogens is 342 g/mol. The molecule has 1 nitrogen and oxygen atoms in total. The Kier molecular flexibility index (Phi) is 7.96. The van der Waals surface area contributed by atoms with Gasteiger partial charge in [0.05, 0.1) is 6.61 Å². The lowest BCUT2D eigenvalue weighted by Crippen LogP contribution is -2.27. The Bertz CT molecular complexity index is 537. The zero-order chi connectivity index (χ0) is 19.1. The average molecular weight is 379 g/mol. The maximum atomic E-state index is 13.2. The van der Waals surface area contributed by atoms with Crippen molar-refractivity contribution in [3.63, 3.8) is 0 Å². The largest absolute Gasteiger partial charge is 0.493 e. The third kappa shape index (κ3) is 6.47. The molecule has 0 spiro atoms. The normalized spacial score (nSPS) is 28.9. The van der Waals surface area contributed by atoms with Crippen molar-refractivity contribution in [3.8, 4) is 5.75 Å². The lowest BCUT2D eigenvalue weighted by Gasteiger charge is -2.38. The molecule has 0 radical (unpaired) electrons. The molecule has 0 bridgehead atoms. The molecule has 3 rings (SSSR count). The molecule has 2 aliphatic carbocycles. The summed E-state index contributed by atoms with van der Waals surface area (Å²) in [7, 11) is 0. The molecule has 3 heteroatoms. The zero-order valence-corrected chi connectivity index (χ0v) is 16.9. The lowest BCUT2D eigenvalue weighted by atomic mass is 9.69. The fourth-order valence-electron chi connectivity index (χ4n) is 5.28. The molecule has 2 saturated carbocycles. The minimum absolute atomic E-state index is 0.316. The smallest absolute Gasteiger partial charge is 0.129 e. The Morgan fingerprint density at radius 3 is 1.89 bits per heavy atom. The molecule has 0 heterocycles. The van der Waals surface area contributed by atoms with E-state index >= 15 is 0 Å². The van der Waals surface area contributed by atoms with Gasteiger partial charge in [0.1, 0.15) is 17.4 Å². The highest BCUT2D eigenvalue weighted by Crippen LogP contribution is 2.42. The van der Waals surface area contributed by atoms with Gasteiger partial charge in [0.2, 0.25) is 0 Å². The number of rotatable bonds is 8. The number of hydrogen-bond donors (Lipinski definition) is 0. The Labute approximate surface area is 163 Å². The van der Waals surface area contributed by atoms with Crippen molar-refractivity contribution in [2.45, 2.75) is 84.0 Å². The van der Waals surface area contributed by atoms with Crippen LogP contribution in [0.2, 0.25) is 0 Å². The van der Waals surface area contributed by atoms with Crippen molar-refractivity contribution in [2.75, 3.05) is 6.61 Å². The monoisotopic (exact) mass is 378 g/mol. The van der Waals surface area contributed by atoms with Gasteiger partial charge in [0.25, 0.3) is 0 Å². The van der Waals surface area contributed by atoms with Crippen molar-refractivity contribution < 1.29 is 13.5 Å². The summed E-state index contributed by atoms with van der Waals surface area (Å²) >= 11 is 0. The van der Waals surface area contributed by atoms with E-state index in [1.54, 1.807) is 0 Å². The van der Waals surface area contributed by atoms with Gasteiger partial charge < -0.3 is 4.74 Å². The van der Waals surface area contributed by atoms with Crippen LogP contribution in [0.4, 0.5) is 8.78 Å². The summed E-state index contributed by atoms with van der Waals surface area (Å²) in [6.07, 6.45) is 16.4. The van der Waals surface area contributed by atoms with Crippen LogP contribution in [0.3, 0.4) is 0 Å². The SMILES string of the molecule is CCCCCC1CCC(C2CCC(COc3cc(F)cc(F)c3)CC2)CC1. The van der Waals surface area contributed by atoms with E-state index in [1.165, 1.54) is 89.2 Å². The zero-order valence-electron chi connectivity index (χ0n) is 16.9. The predicted octanol–water partition coefficient (Wildman–Crippen LogP) is 7.54. The van der Waals surface area contributed by atoms with Crippen molar-refractivity contribution in [1.82, 2.24) is 0 Å². The number of benzene rings is 1. The van der Waals surface area contributed by atoms with Crippen LogP contribution < -0.4 is 4.74 Å². The molecule has 1 aromatic rings. The van der Waals surface area contributed by atoms with Gasteiger partial charge in [0, 0.05) is 18.2 Å². The van der Waals surface area contributed by atoms with E-state index < -0.39 is 11.6 Å². The van der Waals surface area contributed by atoms with Crippen molar-refractivity contribution in [2.24, 2.45) is 23.7 Å². The number of ether oxygens (including phenoxy) is 1. The van der Waals surface area contributed by atoms with Crippen molar-refractivity contribution in [3.05, 3.63) is 29.8 Å². The molecule has 152 valence electrons. The Morgan fingerprint density at radius 2 is 1.33 bits per heavy atom. The van der Waals surface area contributed by atoms with E-state index in [1.807, 2.05) is 0 Å². The van der Waals surface area contributed by atoms with Gasteiger partial charge in [-0.3, -0.25) is 0 Å². The van der Waals surface area contributed by atoms with Crippen LogP contribution in [0.5, 0.6) is 5.75 Å². The van der Waals surface area contributed by atoms with Gasteiger partial charge in [-0.25, -0.2) is 8.78 Å². The maximum Gasteiger partial charge on any atom is 0.129 e. The number of unbranched alkanes of at least 4 members (excludes halogenated alkanes) is 2. The van der Waals surface area contributed by atoms with E-state index in [-0.39, 0.29) is 0 Å². The average Bonchev–Trinajstić information content (AvgIpc) is 2.67. The van der Waals surface area contributed by atoms with Crippen molar-refractivity contribution >= 4 is 0 Å². The number of hydrogen-bond acceptors (Lipinski definition) is 1. The summed E-state index contributed by atoms with van der Waals surface area (Å²) in [5, 5.41) is 0. The van der Waals surface area contributed by atoms with Gasteiger partial charge in [-0.1, -0.05) is 45.4 Å². The first-order chi connectivity index (χ1) is 13.1. The predicted molar refractivity (Wildman–Crippen MR) is 107 cm³/mol. The fourth-order valence-corrected chi connectivity index (χ4v) is 5.28. The van der Waals surface area contributed by atoms with Gasteiger partial charge in [0.15, 0.2) is 0 Å². The highest BCUT2D eigenvalue weighted by molar-refractivity contribution is 5.23. The Balaban J connectivity index is 1.34. The van der Waals surface area contributed by atoms with Gasteiger partial charge >= 0.3 is 0 Å². The minimum atomic E-state index is -0.570. The highest BCUT2D eigenvalue weighted by atomic mass is 19.1. The molecular formula is C24H36F2O. The molecule has 0 aliphatic heterocycles. The van der Waals surface area contributed by atoms with Crippen LogP contribution in [0.25, 0.3) is 0 Å². The van der Waals surface area contributed by atoms with E-state index in [4.69, 9.17) is 4.74 Å². The molecule has 2 aliphatic rings. The van der Waals surface area contributed by atoms with Crippen LogP contribution in [0, 0.1) is 35.3 Å². The van der Waals surface area contributed by atoms with E-state index in [0.29, 0.717) is 18.3 Å². The third-order valence-corrected chi connectivity index (χ3v) is 6.99. The van der Waals surface area contributed by atoms with E-state index in [9.17, 15) is 8.78 Å². The molecule has 1 aromatic carbocycles.